The van der Waals surface area contributed by atoms with E-state index in [1.807, 2.05) is 0 Å². The molecule has 0 fully saturated rings. The summed E-state index contributed by atoms with van der Waals surface area (Å²) >= 11 is 0. The number of anilines is 1. The molecule has 0 aliphatic rings. The quantitative estimate of drug-likeness (QED) is 0.489. The van der Waals surface area contributed by atoms with E-state index in [9.17, 15) is 4.79 Å². The van der Waals surface area contributed by atoms with Crippen LogP contribution in [0.1, 0.15) is 26.3 Å². The van der Waals surface area contributed by atoms with E-state index in [-0.39, 0.29) is 5.91 Å². The number of oxime groups is 1. The third-order valence-corrected chi connectivity index (χ3v) is 2.77. The summed E-state index contributed by atoms with van der Waals surface area (Å²) in [4.78, 5) is 12.0. The molecule has 98 valence electrons. The molecule has 1 rings (SSSR count). The Bertz CT molecular complexity index is 467. The predicted molar refractivity (Wildman–Crippen MR) is 70.2 cm³/mol. The summed E-state index contributed by atoms with van der Waals surface area (Å²) in [5, 5.41) is 14.7. The number of carbonyl (C=O) groups is 1. The van der Waals surface area contributed by atoms with Crippen LogP contribution in [0.5, 0.6) is 0 Å². The number of para-hydroxylation sites is 1. The van der Waals surface area contributed by atoms with Crippen LogP contribution in [-0.2, 0) is 9.53 Å². The molecule has 1 aromatic rings. The minimum absolute atomic E-state index is 0.261. The molecule has 18 heavy (non-hydrogen) atoms. The highest BCUT2D eigenvalue weighted by molar-refractivity contribution is 6.07. The first kappa shape index (κ1) is 14.2. The SMILES string of the molecule is COC(C)(C)C(=O)Nc1ccccc1/C(C)=N/O. The lowest BCUT2D eigenvalue weighted by Crippen LogP contribution is -2.39. The van der Waals surface area contributed by atoms with Gasteiger partial charge < -0.3 is 15.3 Å². The number of nitrogens with one attached hydrogen (secondary N) is 1. The van der Waals surface area contributed by atoms with Crippen molar-refractivity contribution in [1.82, 2.24) is 0 Å². The van der Waals surface area contributed by atoms with Crippen molar-refractivity contribution in [3.05, 3.63) is 29.8 Å². The number of methoxy groups -OCH3 is 1. The van der Waals surface area contributed by atoms with Gasteiger partial charge in [0.2, 0.25) is 0 Å². The molecular formula is C13H18N2O3. The van der Waals surface area contributed by atoms with Gasteiger partial charge in [0.05, 0.1) is 11.4 Å². The molecule has 1 aromatic carbocycles. The Morgan fingerprint density at radius 1 is 1.39 bits per heavy atom. The molecule has 0 aliphatic carbocycles. The maximum Gasteiger partial charge on any atom is 0.256 e. The maximum absolute atomic E-state index is 12.0. The second-order valence-electron chi connectivity index (χ2n) is 4.40. The number of ether oxygens (including phenoxy) is 1. The van der Waals surface area contributed by atoms with Gasteiger partial charge in [0.1, 0.15) is 5.60 Å². The van der Waals surface area contributed by atoms with Gasteiger partial charge in [0.25, 0.3) is 5.91 Å². The molecular weight excluding hydrogens is 232 g/mol. The Morgan fingerprint density at radius 2 is 2.00 bits per heavy atom. The van der Waals surface area contributed by atoms with E-state index < -0.39 is 5.60 Å². The zero-order chi connectivity index (χ0) is 13.8. The van der Waals surface area contributed by atoms with Crippen molar-refractivity contribution in [3.8, 4) is 0 Å². The fourth-order valence-electron chi connectivity index (χ4n) is 1.33. The van der Waals surface area contributed by atoms with Crippen molar-refractivity contribution >= 4 is 17.3 Å². The van der Waals surface area contributed by atoms with Crippen molar-refractivity contribution < 1.29 is 14.7 Å². The highest BCUT2D eigenvalue weighted by Gasteiger charge is 2.27. The molecule has 5 heteroatoms. The van der Waals surface area contributed by atoms with E-state index >= 15 is 0 Å². The van der Waals surface area contributed by atoms with Gasteiger partial charge in [-0.3, -0.25) is 4.79 Å². The number of nitrogens with zero attached hydrogens (tertiary/aromatic N) is 1. The normalized spacial score (nSPS) is 12.3. The van der Waals surface area contributed by atoms with E-state index in [0.717, 1.165) is 0 Å². The van der Waals surface area contributed by atoms with Gasteiger partial charge in [-0.05, 0) is 26.8 Å². The first-order valence-electron chi connectivity index (χ1n) is 5.57. The molecule has 0 radical (unpaired) electrons. The van der Waals surface area contributed by atoms with Crippen LogP contribution in [0.3, 0.4) is 0 Å². The van der Waals surface area contributed by atoms with E-state index in [0.29, 0.717) is 17.0 Å². The highest BCUT2D eigenvalue weighted by Crippen LogP contribution is 2.19. The van der Waals surface area contributed by atoms with E-state index in [2.05, 4.69) is 10.5 Å². The summed E-state index contributed by atoms with van der Waals surface area (Å²) in [6.45, 7) is 5.02. The van der Waals surface area contributed by atoms with Crippen LogP contribution in [0.25, 0.3) is 0 Å². The standard InChI is InChI=1S/C13H18N2O3/c1-9(15-17)10-7-5-6-8-11(10)14-12(16)13(2,3)18-4/h5-8,17H,1-4H3,(H,14,16)/b15-9+. The first-order valence-corrected chi connectivity index (χ1v) is 5.57. The lowest BCUT2D eigenvalue weighted by Gasteiger charge is -2.22. The smallest absolute Gasteiger partial charge is 0.256 e. The number of amides is 1. The van der Waals surface area contributed by atoms with E-state index in [1.54, 1.807) is 45.0 Å². The highest BCUT2D eigenvalue weighted by atomic mass is 16.5. The number of carbonyl (C=O) groups excluding carboxylic acids is 1. The van der Waals surface area contributed by atoms with Crippen LogP contribution in [0.15, 0.2) is 29.4 Å². The lowest BCUT2D eigenvalue weighted by atomic mass is 10.1. The molecule has 2 N–H and O–H groups in total. The number of rotatable bonds is 4. The van der Waals surface area contributed by atoms with E-state index in [4.69, 9.17) is 9.94 Å². The summed E-state index contributed by atoms with van der Waals surface area (Å²) < 4.78 is 5.11. The van der Waals surface area contributed by atoms with Crippen LogP contribution >= 0.6 is 0 Å². The Morgan fingerprint density at radius 3 is 2.56 bits per heavy atom. The zero-order valence-electron chi connectivity index (χ0n) is 11.0. The maximum atomic E-state index is 12.0. The molecule has 0 bridgehead atoms. The molecule has 0 saturated heterocycles. The summed E-state index contributed by atoms with van der Waals surface area (Å²) in [5.41, 5.74) is 0.765. The average Bonchev–Trinajstić information content (AvgIpc) is 2.38. The molecule has 0 atom stereocenters. The molecule has 0 unspecified atom stereocenters. The molecule has 5 nitrogen and oxygen atoms in total. The van der Waals surface area contributed by atoms with Crippen molar-refractivity contribution in [1.29, 1.82) is 0 Å². The van der Waals surface area contributed by atoms with Gasteiger partial charge in [0.15, 0.2) is 0 Å². The van der Waals surface area contributed by atoms with Crippen LogP contribution in [-0.4, -0.2) is 29.5 Å². The van der Waals surface area contributed by atoms with E-state index in [1.165, 1.54) is 7.11 Å². The summed E-state index contributed by atoms with van der Waals surface area (Å²) in [5.74, 6) is -0.261. The molecule has 0 aliphatic heterocycles. The fourth-order valence-corrected chi connectivity index (χ4v) is 1.33. The van der Waals surface area contributed by atoms with Gasteiger partial charge in [-0.15, -0.1) is 0 Å². The second-order valence-corrected chi connectivity index (χ2v) is 4.40. The second kappa shape index (κ2) is 5.64. The summed E-state index contributed by atoms with van der Waals surface area (Å²) in [6, 6.07) is 7.11. The fraction of sp³-hybridized carbons (Fsp3) is 0.385. The summed E-state index contributed by atoms with van der Waals surface area (Å²) in [6.07, 6.45) is 0. The summed E-state index contributed by atoms with van der Waals surface area (Å²) in [7, 11) is 1.48. The van der Waals surface area contributed by atoms with Gasteiger partial charge in [0, 0.05) is 12.7 Å². The largest absolute Gasteiger partial charge is 0.411 e. The van der Waals surface area contributed by atoms with Crippen molar-refractivity contribution in [2.75, 3.05) is 12.4 Å². The molecule has 0 heterocycles. The zero-order valence-corrected chi connectivity index (χ0v) is 11.0. The Labute approximate surface area is 106 Å². The van der Waals surface area contributed by atoms with Crippen LogP contribution in [0.2, 0.25) is 0 Å². The molecule has 1 amide bonds. The van der Waals surface area contributed by atoms with Crippen LogP contribution < -0.4 is 5.32 Å². The number of hydrogen-bond acceptors (Lipinski definition) is 4. The predicted octanol–water partition coefficient (Wildman–Crippen LogP) is 2.25. The number of benzene rings is 1. The minimum Gasteiger partial charge on any atom is -0.411 e. The molecule has 0 aromatic heterocycles. The van der Waals surface area contributed by atoms with Gasteiger partial charge in [-0.25, -0.2) is 0 Å². The van der Waals surface area contributed by atoms with Crippen molar-refractivity contribution in [2.24, 2.45) is 5.16 Å². The molecule has 0 spiro atoms. The van der Waals surface area contributed by atoms with Gasteiger partial charge in [-0.1, -0.05) is 23.4 Å². The minimum atomic E-state index is -0.919. The Balaban J connectivity index is 3.02. The Hall–Kier alpha value is -1.88. The van der Waals surface area contributed by atoms with Crippen molar-refractivity contribution in [3.63, 3.8) is 0 Å². The number of hydrogen-bond donors (Lipinski definition) is 2. The average molecular weight is 250 g/mol. The van der Waals surface area contributed by atoms with Gasteiger partial charge >= 0.3 is 0 Å². The van der Waals surface area contributed by atoms with Crippen LogP contribution in [0.4, 0.5) is 5.69 Å². The monoisotopic (exact) mass is 250 g/mol. The third-order valence-electron chi connectivity index (χ3n) is 2.77. The first-order chi connectivity index (χ1) is 8.42. The van der Waals surface area contributed by atoms with Crippen LogP contribution in [0, 0.1) is 0 Å². The van der Waals surface area contributed by atoms with Crippen molar-refractivity contribution in [2.45, 2.75) is 26.4 Å². The third kappa shape index (κ3) is 3.07. The van der Waals surface area contributed by atoms with Gasteiger partial charge in [-0.2, -0.15) is 0 Å². The molecule has 0 saturated carbocycles. The lowest BCUT2D eigenvalue weighted by molar-refractivity contribution is -0.133. The Kier molecular flexibility index (Phi) is 4.44. The topological polar surface area (TPSA) is 70.9 Å².